The Labute approximate surface area is 201 Å². The predicted octanol–water partition coefficient (Wildman–Crippen LogP) is 9.94. The molecule has 4 rings (SSSR count). The molecule has 3 saturated carbocycles. The highest BCUT2D eigenvalue weighted by atomic mass is 14.6. The summed E-state index contributed by atoms with van der Waals surface area (Å²) in [6.07, 6.45) is 18.9. The van der Waals surface area contributed by atoms with Gasteiger partial charge < -0.3 is 0 Å². The van der Waals surface area contributed by atoms with Crippen molar-refractivity contribution in [1.29, 1.82) is 0 Å². The number of rotatable bonds is 7. The van der Waals surface area contributed by atoms with Crippen LogP contribution < -0.4 is 0 Å². The van der Waals surface area contributed by atoms with E-state index in [1.807, 2.05) is 5.57 Å². The zero-order valence-corrected chi connectivity index (χ0v) is 23.1. The average molecular weight is 441 g/mol. The Morgan fingerprint density at radius 1 is 0.906 bits per heavy atom. The fourth-order valence-electron chi connectivity index (χ4n) is 9.92. The number of hydrogen-bond acceptors (Lipinski definition) is 0. The van der Waals surface area contributed by atoms with E-state index in [1.165, 1.54) is 70.6 Å². The molecule has 32 heavy (non-hydrogen) atoms. The lowest BCUT2D eigenvalue weighted by atomic mass is 9.46. The van der Waals surface area contributed by atoms with E-state index in [-0.39, 0.29) is 0 Å². The van der Waals surface area contributed by atoms with E-state index in [0.717, 1.165) is 53.3 Å². The standard InChI is InChI=1S/C32H56/c1-9-24(21(2)3)11-10-23(6)28-14-15-29-27-13-12-26-20-25(22(4)5)16-18-31(26,7)30(27)17-19-32(28,29)8/h12,21-25,27-30H,9-11,13-20H2,1-8H3. The van der Waals surface area contributed by atoms with E-state index in [9.17, 15) is 0 Å². The predicted molar refractivity (Wildman–Crippen MR) is 141 cm³/mol. The molecule has 9 atom stereocenters. The molecule has 9 unspecified atom stereocenters. The van der Waals surface area contributed by atoms with Crippen molar-refractivity contribution >= 4 is 0 Å². The van der Waals surface area contributed by atoms with Crippen LogP contribution in [0.25, 0.3) is 0 Å². The van der Waals surface area contributed by atoms with Crippen molar-refractivity contribution < 1.29 is 0 Å². The summed E-state index contributed by atoms with van der Waals surface area (Å²) in [7, 11) is 0. The third-order valence-electron chi connectivity index (χ3n) is 12.3. The molecule has 0 aromatic carbocycles. The second kappa shape index (κ2) is 9.41. The number of fused-ring (bicyclic) bond motifs is 5. The Kier molecular flexibility index (Phi) is 7.31. The van der Waals surface area contributed by atoms with Gasteiger partial charge in [-0.05, 0) is 122 Å². The van der Waals surface area contributed by atoms with Gasteiger partial charge in [0.1, 0.15) is 0 Å². The van der Waals surface area contributed by atoms with Crippen LogP contribution >= 0.6 is 0 Å². The van der Waals surface area contributed by atoms with Crippen molar-refractivity contribution in [3.05, 3.63) is 11.6 Å². The van der Waals surface area contributed by atoms with E-state index in [2.05, 4.69) is 61.5 Å². The number of allylic oxidation sites excluding steroid dienone is 2. The molecular formula is C32H56. The smallest absolute Gasteiger partial charge is 0.00851 e. The molecule has 4 aliphatic rings. The highest BCUT2D eigenvalue weighted by Crippen LogP contribution is 2.67. The summed E-state index contributed by atoms with van der Waals surface area (Å²) in [4.78, 5) is 0. The monoisotopic (exact) mass is 440 g/mol. The van der Waals surface area contributed by atoms with Crippen LogP contribution in [-0.4, -0.2) is 0 Å². The molecule has 0 saturated heterocycles. The second-order valence-electron chi connectivity index (χ2n) is 14.2. The fraction of sp³-hybridized carbons (Fsp3) is 0.938. The molecule has 0 aromatic heterocycles. The molecule has 0 radical (unpaired) electrons. The normalized spacial score (nSPS) is 43.4. The summed E-state index contributed by atoms with van der Waals surface area (Å²) in [6, 6.07) is 0. The summed E-state index contributed by atoms with van der Waals surface area (Å²) in [5.74, 6) is 8.43. The van der Waals surface area contributed by atoms with Gasteiger partial charge in [-0.3, -0.25) is 0 Å². The van der Waals surface area contributed by atoms with Crippen molar-refractivity contribution in [3.63, 3.8) is 0 Å². The fourth-order valence-corrected chi connectivity index (χ4v) is 9.92. The zero-order chi connectivity index (χ0) is 23.3. The second-order valence-corrected chi connectivity index (χ2v) is 14.2. The van der Waals surface area contributed by atoms with E-state index in [0.29, 0.717) is 10.8 Å². The molecular weight excluding hydrogens is 384 g/mol. The van der Waals surface area contributed by atoms with Gasteiger partial charge >= 0.3 is 0 Å². The van der Waals surface area contributed by atoms with Crippen LogP contribution in [0.2, 0.25) is 0 Å². The molecule has 0 heterocycles. The molecule has 0 aromatic rings. The third-order valence-corrected chi connectivity index (χ3v) is 12.3. The van der Waals surface area contributed by atoms with Crippen LogP contribution in [0, 0.1) is 64.1 Å². The van der Waals surface area contributed by atoms with Crippen LogP contribution in [0.4, 0.5) is 0 Å². The van der Waals surface area contributed by atoms with E-state index >= 15 is 0 Å². The summed E-state index contributed by atoms with van der Waals surface area (Å²) in [6.45, 7) is 20.3. The maximum atomic E-state index is 2.78. The van der Waals surface area contributed by atoms with Crippen molar-refractivity contribution in [3.8, 4) is 0 Å². The van der Waals surface area contributed by atoms with Gasteiger partial charge in [0, 0.05) is 0 Å². The maximum Gasteiger partial charge on any atom is -0.00851 e. The quantitative estimate of drug-likeness (QED) is 0.345. The first kappa shape index (κ1) is 24.9. The lowest BCUT2D eigenvalue weighted by Crippen LogP contribution is -2.50. The maximum absolute atomic E-state index is 2.78. The van der Waals surface area contributed by atoms with E-state index in [4.69, 9.17) is 0 Å². The van der Waals surface area contributed by atoms with Crippen molar-refractivity contribution in [2.45, 2.75) is 126 Å². The van der Waals surface area contributed by atoms with Crippen LogP contribution in [0.15, 0.2) is 11.6 Å². The molecule has 3 fully saturated rings. The summed E-state index contributed by atoms with van der Waals surface area (Å²) in [5, 5.41) is 0. The van der Waals surface area contributed by atoms with Gasteiger partial charge in [-0.2, -0.15) is 0 Å². The van der Waals surface area contributed by atoms with Gasteiger partial charge in [-0.25, -0.2) is 0 Å². The number of hydrogen-bond donors (Lipinski definition) is 0. The van der Waals surface area contributed by atoms with Gasteiger partial charge in [0.25, 0.3) is 0 Å². The Bertz CT molecular complexity index is 670. The minimum Gasteiger partial charge on any atom is -0.0845 e. The van der Waals surface area contributed by atoms with Crippen molar-refractivity contribution in [2.24, 2.45) is 64.1 Å². The van der Waals surface area contributed by atoms with E-state index < -0.39 is 0 Å². The Morgan fingerprint density at radius 3 is 2.31 bits per heavy atom. The zero-order valence-electron chi connectivity index (χ0n) is 23.1. The summed E-state index contributed by atoms with van der Waals surface area (Å²) >= 11 is 0. The molecule has 0 heteroatoms. The van der Waals surface area contributed by atoms with Gasteiger partial charge in [0.15, 0.2) is 0 Å². The van der Waals surface area contributed by atoms with Crippen LogP contribution in [0.1, 0.15) is 126 Å². The summed E-state index contributed by atoms with van der Waals surface area (Å²) in [5.41, 5.74) is 3.04. The average Bonchev–Trinajstić information content (AvgIpc) is 3.10. The Hall–Kier alpha value is -0.260. The van der Waals surface area contributed by atoms with Gasteiger partial charge in [0.2, 0.25) is 0 Å². The SMILES string of the molecule is CCC(CCC(C)C1CCC2C3CC=C4CC(C(C)C)CCC4(C)C3CCC12C)C(C)C. The molecule has 0 aliphatic heterocycles. The van der Waals surface area contributed by atoms with Crippen molar-refractivity contribution in [2.75, 3.05) is 0 Å². The van der Waals surface area contributed by atoms with Crippen LogP contribution in [0.3, 0.4) is 0 Å². The largest absolute Gasteiger partial charge is 0.0845 e. The van der Waals surface area contributed by atoms with Crippen LogP contribution in [0.5, 0.6) is 0 Å². The highest BCUT2D eigenvalue weighted by Gasteiger charge is 2.59. The minimum absolute atomic E-state index is 0.533. The minimum atomic E-state index is 0.533. The highest BCUT2D eigenvalue weighted by molar-refractivity contribution is 5.25. The Balaban J connectivity index is 1.47. The molecule has 0 N–H and O–H groups in total. The van der Waals surface area contributed by atoms with Gasteiger partial charge in [-0.15, -0.1) is 0 Å². The third kappa shape index (κ3) is 4.17. The first-order valence-corrected chi connectivity index (χ1v) is 14.8. The molecule has 4 aliphatic carbocycles. The van der Waals surface area contributed by atoms with Gasteiger partial charge in [-0.1, -0.05) is 79.9 Å². The topological polar surface area (TPSA) is 0 Å². The summed E-state index contributed by atoms with van der Waals surface area (Å²) < 4.78 is 0. The lowest BCUT2D eigenvalue weighted by molar-refractivity contribution is -0.0541. The first-order chi connectivity index (χ1) is 15.1. The first-order valence-electron chi connectivity index (χ1n) is 14.8. The molecule has 0 amide bonds. The van der Waals surface area contributed by atoms with Crippen LogP contribution in [-0.2, 0) is 0 Å². The van der Waals surface area contributed by atoms with Gasteiger partial charge in [0.05, 0.1) is 0 Å². The lowest BCUT2D eigenvalue weighted by Gasteiger charge is -2.59. The molecule has 184 valence electrons. The van der Waals surface area contributed by atoms with Crippen molar-refractivity contribution in [1.82, 2.24) is 0 Å². The van der Waals surface area contributed by atoms with E-state index in [1.54, 1.807) is 0 Å². The molecule has 0 spiro atoms. The molecule has 0 bridgehead atoms. The Morgan fingerprint density at radius 2 is 1.66 bits per heavy atom. The molecule has 0 nitrogen and oxygen atoms in total.